The van der Waals surface area contributed by atoms with Crippen molar-refractivity contribution in [2.45, 2.75) is 0 Å². The van der Waals surface area contributed by atoms with Crippen LogP contribution in [0.5, 0.6) is 0 Å². The van der Waals surface area contributed by atoms with Gasteiger partial charge in [0.1, 0.15) is 0 Å². The largest absolute Gasteiger partial charge is 0.383 e. The third-order valence-corrected chi connectivity index (χ3v) is 2.23. The van der Waals surface area contributed by atoms with Gasteiger partial charge in [0, 0.05) is 30.3 Å². The summed E-state index contributed by atoms with van der Waals surface area (Å²) in [5.74, 6) is 0. The predicted octanol–water partition coefficient (Wildman–Crippen LogP) is 2.55. The van der Waals surface area contributed by atoms with Crippen LogP contribution in [0.4, 0.5) is 0 Å². The van der Waals surface area contributed by atoms with Crippen molar-refractivity contribution in [2.75, 3.05) is 14.1 Å². The molecule has 0 N–H and O–H groups in total. The molecule has 0 spiro atoms. The Kier molecular flexibility index (Phi) is 3.89. The molecule has 0 amide bonds. The Morgan fingerprint density at radius 2 is 1.86 bits per heavy atom. The van der Waals surface area contributed by atoms with Gasteiger partial charge in [-0.3, -0.25) is 4.79 Å². The predicted molar refractivity (Wildman–Crippen MR) is 61.9 cm³/mol. The van der Waals surface area contributed by atoms with Crippen LogP contribution in [0, 0.1) is 0 Å². The molecular weight excluding hydrogens is 242 g/mol. The van der Waals surface area contributed by atoms with Crippen molar-refractivity contribution in [1.29, 1.82) is 0 Å². The van der Waals surface area contributed by atoms with E-state index in [0.717, 1.165) is 16.3 Å². The second-order valence-electron chi connectivity index (χ2n) is 3.17. The highest BCUT2D eigenvalue weighted by molar-refractivity contribution is 9.10. The third kappa shape index (κ3) is 3.00. The first-order valence-corrected chi connectivity index (χ1v) is 5.02. The van der Waals surface area contributed by atoms with Crippen molar-refractivity contribution in [1.82, 2.24) is 4.90 Å². The molecule has 0 radical (unpaired) electrons. The molecule has 0 unspecified atom stereocenters. The standard InChI is InChI=1S/C11H12BrNO/c1-13(2)7-10(8-14)9-3-5-11(12)6-4-9/h3-8H,1-2H3/b10-7+. The van der Waals surface area contributed by atoms with E-state index in [1.165, 1.54) is 0 Å². The van der Waals surface area contributed by atoms with E-state index in [4.69, 9.17) is 0 Å². The van der Waals surface area contributed by atoms with E-state index >= 15 is 0 Å². The molecule has 0 bridgehead atoms. The van der Waals surface area contributed by atoms with E-state index in [2.05, 4.69) is 15.9 Å². The fourth-order valence-corrected chi connectivity index (χ4v) is 1.36. The van der Waals surface area contributed by atoms with Gasteiger partial charge in [0.25, 0.3) is 0 Å². The maximum Gasteiger partial charge on any atom is 0.152 e. The average Bonchev–Trinajstić information content (AvgIpc) is 2.15. The molecule has 1 aromatic rings. The SMILES string of the molecule is CN(C)/C=C(\C=O)c1ccc(Br)cc1. The summed E-state index contributed by atoms with van der Waals surface area (Å²) in [4.78, 5) is 12.7. The second-order valence-corrected chi connectivity index (χ2v) is 4.09. The molecular formula is C11H12BrNO. The lowest BCUT2D eigenvalue weighted by Gasteiger charge is -2.07. The highest BCUT2D eigenvalue weighted by Crippen LogP contribution is 2.16. The van der Waals surface area contributed by atoms with E-state index in [1.807, 2.05) is 43.3 Å². The molecule has 0 atom stereocenters. The Balaban J connectivity index is 3.01. The van der Waals surface area contributed by atoms with Gasteiger partial charge in [0.2, 0.25) is 0 Å². The second kappa shape index (κ2) is 4.96. The van der Waals surface area contributed by atoms with Crippen LogP contribution in [0.1, 0.15) is 5.56 Å². The minimum absolute atomic E-state index is 0.683. The van der Waals surface area contributed by atoms with E-state index in [9.17, 15) is 4.79 Å². The van der Waals surface area contributed by atoms with Gasteiger partial charge in [-0.05, 0) is 17.7 Å². The highest BCUT2D eigenvalue weighted by Gasteiger charge is 1.99. The smallest absolute Gasteiger partial charge is 0.152 e. The van der Waals surface area contributed by atoms with Crippen LogP contribution in [0.2, 0.25) is 0 Å². The molecule has 1 rings (SSSR count). The van der Waals surface area contributed by atoms with Crippen molar-refractivity contribution >= 4 is 27.8 Å². The van der Waals surface area contributed by atoms with Crippen LogP contribution >= 0.6 is 15.9 Å². The molecule has 0 aromatic heterocycles. The first-order chi connectivity index (χ1) is 6.63. The van der Waals surface area contributed by atoms with Gasteiger partial charge >= 0.3 is 0 Å². The van der Waals surface area contributed by atoms with Crippen LogP contribution in [0.3, 0.4) is 0 Å². The van der Waals surface area contributed by atoms with Gasteiger partial charge in [0.05, 0.1) is 0 Å². The fraction of sp³-hybridized carbons (Fsp3) is 0.182. The number of carbonyl (C=O) groups is 1. The molecule has 1 aromatic carbocycles. The number of allylic oxidation sites excluding steroid dienone is 1. The number of nitrogens with zero attached hydrogens (tertiary/aromatic N) is 1. The van der Waals surface area contributed by atoms with Gasteiger partial charge < -0.3 is 4.90 Å². The maximum absolute atomic E-state index is 10.8. The molecule has 74 valence electrons. The number of aldehydes is 1. The molecule has 0 saturated heterocycles. The molecule has 0 aliphatic rings. The number of benzene rings is 1. The summed E-state index contributed by atoms with van der Waals surface area (Å²) >= 11 is 3.35. The summed E-state index contributed by atoms with van der Waals surface area (Å²) in [7, 11) is 3.78. The molecule has 0 fully saturated rings. The summed E-state index contributed by atoms with van der Waals surface area (Å²) in [5.41, 5.74) is 1.61. The molecule has 0 aliphatic carbocycles. The van der Waals surface area contributed by atoms with Gasteiger partial charge in [-0.2, -0.15) is 0 Å². The molecule has 0 aliphatic heterocycles. The van der Waals surface area contributed by atoms with E-state index < -0.39 is 0 Å². The van der Waals surface area contributed by atoms with Crippen molar-refractivity contribution < 1.29 is 4.79 Å². The zero-order chi connectivity index (χ0) is 10.6. The Morgan fingerprint density at radius 1 is 1.29 bits per heavy atom. The average molecular weight is 254 g/mol. The van der Waals surface area contributed by atoms with Crippen LogP contribution in [-0.2, 0) is 4.79 Å². The number of hydrogen-bond acceptors (Lipinski definition) is 2. The fourth-order valence-electron chi connectivity index (χ4n) is 1.09. The normalized spacial score (nSPS) is 11.2. The number of hydrogen-bond donors (Lipinski definition) is 0. The van der Waals surface area contributed by atoms with Crippen molar-refractivity contribution in [2.24, 2.45) is 0 Å². The summed E-state index contributed by atoms with van der Waals surface area (Å²) in [6.07, 6.45) is 2.67. The van der Waals surface area contributed by atoms with Crippen molar-refractivity contribution in [3.8, 4) is 0 Å². The quantitative estimate of drug-likeness (QED) is 0.610. The first kappa shape index (κ1) is 11.0. The van der Waals surface area contributed by atoms with Gasteiger partial charge in [-0.25, -0.2) is 0 Å². The van der Waals surface area contributed by atoms with Gasteiger partial charge in [0.15, 0.2) is 6.29 Å². The lowest BCUT2D eigenvalue weighted by atomic mass is 10.1. The Morgan fingerprint density at radius 3 is 2.29 bits per heavy atom. The van der Waals surface area contributed by atoms with Gasteiger partial charge in [-0.1, -0.05) is 28.1 Å². The maximum atomic E-state index is 10.8. The summed E-state index contributed by atoms with van der Waals surface area (Å²) in [6.45, 7) is 0. The van der Waals surface area contributed by atoms with E-state index in [-0.39, 0.29) is 0 Å². The lowest BCUT2D eigenvalue weighted by molar-refractivity contribution is -0.103. The van der Waals surface area contributed by atoms with E-state index in [1.54, 1.807) is 6.20 Å². The first-order valence-electron chi connectivity index (χ1n) is 4.23. The van der Waals surface area contributed by atoms with Crippen LogP contribution in [0.25, 0.3) is 5.57 Å². The summed E-state index contributed by atoms with van der Waals surface area (Å²) in [5, 5.41) is 0. The molecule has 3 heteroatoms. The summed E-state index contributed by atoms with van der Waals surface area (Å²) in [6, 6.07) is 7.66. The Labute approximate surface area is 92.4 Å². The minimum Gasteiger partial charge on any atom is -0.383 e. The molecule has 14 heavy (non-hydrogen) atoms. The Hall–Kier alpha value is -1.09. The zero-order valence-electron chi connectivity index (χ0n) is 8.20. The monoisotopic (exact) mass is 253 g/mol. The van der Waals surface area contributed by atoms with Crippen molar-refractivity contribution in [3.05, 3.63) is 40.5 Å². The molecule has 2 nitrogen and oxygen atoms in total. The lowest BCUT2D eigenvalue weighted by Crippen LogP contribution is -2.03. The molecule has 0 saturated carbocycles. The van der Waals surface area contributed by atoms with E-state index in [0.29, 0.717) is 5.57 Å². The van der Waals surface area contributed by atoms with Crippen LogP contribution in [0.15, 0.2) is 34.9 Å². The summed E-state index contributed by atoms with van der Waals surface area (Å²) < 4.78 is 1.01. The van der Waals surface area contributed by atoms with Crippen molar-refractivity contribution in [3.63, 3.8) is 0 Å². The third-order valence-electron chi connectivity index (χ3n) is 1.70. The number of halogens is 1. The zero-order valence-corrected chi connectivity index (χ0v) is 9.78. The van der Waals surface area contributed by atoms with Crippen LogP contribution in [-0.4, -0.2) is 25.3 Å². The molecule has 0 heterocycles. The number of carbonyl (C=O) groups excluding carboxylic acids is 1. The highest BCUT2D eigenvalue weighted by atomic mass is 79.9. The minimum atomic E-state index is 0.683. The van der Waals surface area contributed by atoms with Gasteiger partial charge in [-0.15, -0.1) is 0 Å². The Bertz CT molecular complexity index is 341. The van der Waals surface area contributed by atoms with Crippen LogP contribution < -0.4 is 0 Å². The number of rotatable bonds is 3. The topological polar surface area (TPSA) is 20.3 Å².